The SMILES string of the molecule is C[C@H](O)c1ccc(OCOCc2ccccc2)cc1. The first-order valence-corrected chi connectivity index (χ1v) is 6.28. The van der Waals surface area contributed by atoms with Crippen LogP contribution in [0.15, 0.2) is 54.6 Å². The molecule has 0 bridgehead atoms. The summed E-state index contributed by atoms with van der Waals surface area (Å²) >= 11 is 0. The van der Waals surface area contributed by atoms with E-state index < -0.39 is 6.10 Å². The minimum Gasteiger partial charge on any atom is -0.468 e. The summed E-state index contributed by atoms with van der Waals surface area (Å²) in [6, 6.07) is 17.3. The molecule has 0 fully saturated rings. The molecule has 0 aromatic heterocycles. The maximum absolute atomic E-state index is 9.39. The first-order chi connectivity index (χ1) is 9.25. The maximum Gasteiger partial charge on any atom is 0.189 e. The van der Waals surface area contributed by atoms with Gasteiger partial charge in [-0.15, -0.1) is 0 Å². The number of ether oxygens (including phenoxy) is 2. The molecule has 100 valence electrons. The molecule has 0 radical (unpaired) electrons. The Hall–Kier alpha value is -1.84. The average molecular weight is 258 g/mol. The molecule has 0 saturated carbocycles. The van der Waals surface area contributed by atoms with Gasteiger partial charge in [-0.1, -0.05) is 42.5 Å². The summed E-state index contributed by atoms with van der Waals surface area (Å²) < 4.78 is 10.9. The Bertz CT molecular complexity index is 477. The van der Waals surface area contributed by atoms with Crippen molar-refractivity contribution in [2.75, 3.05) is 6.79 Å². The number of benzene rings is 2. The molecule has 3 nitrogen and oxygen atoms in total. The van der Waals surface area contributed by atoms with Gasteiger partial charge in [-0.3, -0.25) is 0 Å². The van der Waals surface area contributed by atoms with E-state index >= 15 is 0 Å². The first-order valence-electron chi connectivity index (χ1n) is 6.28. The zero-order chi connectivity index (χ0) is 13.5. The monoisotopic (exact) mass is 258 g/mol. The number of rotatable bonds is 6. The zero-order valence-corrected chi connectivity index (χ0v) is 11.0. The molecular weight excluding hydrogens is 240 g/mol. The van der Waals surface area contributed by atoms with Crippen LogP contribution in [0, 0.1) is 0 Å². The second kappa shape index (κ2) is 6.92. The van der Waals surface area contributed by atoms with Crippen molar-refractivity contribution < 1.29 is 14.6 Å². The van der Waals surface area contributed by atoms with E-state index in [0.717, 1.165) is 16.9 Å². The zero-order valence-electron chi connectivity index (χ0n) is 11.0. The fraction of sp³-hybridized carbons (Fsp3) is 0.250. The van der Waals surface area contributed by atoms with E-state index in [1.807, 2.05) is 54.6 Å². The lowest BCUT2D eigenvalue weighted by Crippen LogP contribution is -2.03. The molecule has 0 saturated heterocycles. The van der Waals surface area contributed by atoms with E-state index in [4.69, 9.17) is 9.47 Å². The summed E-state index contributed by atoms with van der Waals surface area (Å²) in [6.07, 6.45) is -0.455. The fourth-order valence-electron chi connectivity index (χ4n) is 1.69. The van der Waals surface area contributed by atoms with Crippen LogP contribution in [-0.2, 0) is 11.3 Å². The van der Waals surface area contributed by atoms with Gasteiger partial charge in [-0.2, -0.15) is 0 Å². The van der Waals surface area contributed by atoms with Crippen LogP contribution < -0.4 is 4.74 Å². The third kappa shape index (κ3) is 4.39. The highest BCUT2D eigenvalue weighted by molar-refractivity contribution is 5.28. The summed E-state index contributed by atoms with van der Waals surface area (Å²) in [5.74, 6) is 0.734. The van der Waals surface area contributed by atoms with Gasteiger partial charge in [0.25, 0.3) is 0 Å². The van der Waals surface area contributed by atoms with E-state index in [1.165, 1.54) is 0 Å². The number of hydrogen-bond donors (Lipinski definition) is 1. The van der Waals surface area contributed by atoms with Gasteiger partial charge in [0.1, 0.15) is 5.75 Å². The van der Waals surface area contributed by atoms with Crippen molar-refractivity contribution in [3.8, 4) is 5.75 Å². The molecule has 2 aromatic carbocycles. The summed E-state index contributed by atoms with van der Waals surface area (Å²) in [4.78, 5) is 0. The molecule has 0 unspecified atom stereocenters. The van der Waals surface area contributed by atoms with Crippen LogP contribution in [0.3, 0.4) is 0 Å². The Morgan fingerprint density at radius 1 is 1.00 bits per heavy atom. The molecule has 0 spiro atoms. The second-order valence-electron chi connectivity index (χ2n) is 4.34. The van der Waals surface area contributed by atoms with E-state index in [0.29, 0.717) is 6.61 Å². The predicted octanol–water partition coefficient (Wildman–Crippen LogP) is 3.29. The van der Waals surface area contributed by atoms with Crippen LogP contribution in [0.2, 0.25) is 0 Å². The van der Waals surface area contributed by atoms with Gasteiger partial charge in [-0.25, -0.2) is 0 Å². The van der Waals surface area contributed by atoms with Gasteiger partial charge in [0.05, 0.1) is 12.7 Å². The molecule has 1 N–H and O–H groups in total. The molecule has 0 amide bonds. The van der Waals surface area contributed by atoms with Gasteiger partial charge < -0.3 is 14.6 Å². The van der Waals surface area contributed by atoms with Crippen LogP contribution in [0.1, 0.15) is 24.2 Å². The Kier molecular flexibility index (Phi) is 4.95. The molecule has 0 aliphatic heterocycles. The molecule has 0 aliphatic rings. The molecule has 2 rings (SSSR count). The second-order valence-corrected chi connectivity index (χ2v) is 4.34. The standard InChI is InChI=1S/C16H18O3/c1-13(17)15-7-9-16(10-8-15)19-12-18-11-14-5-3-2-4-6-14/h2-10,13,17H,11-12H2,1H3/t13-/m0/s1. The molecule has 3 heteroatoms. The lowest BCUT2D eigenvalue weighted by atomic mass is 10.1. The van der Waals surface area contributed by atoms with Crippen LogP contribution >= 0.6 is 0 Å². The van der Waals surface area contributed by atoms with Crippen molar-refractivity contribution in [2.45, 2.75) is 19.6 Å². The average Bonchev–Trinajstić information content (AvgIpc) is 2.45. The first kappa shape index (κ1) is 13.6. The number of aliphatic hydroxyl groups is 1. The third-order valence-corrected chi connectivity index (χ3v) is 2.78. The smallest absolute Gasteiger partial charge is 0.189 e. The largest absolute Gasteiger partial charge is 0.468 e. The van der Waals surface area contributed by atoms with Gasteiger partial charge in [0.15, 0.2) is 6.79 Å². The molecule has 0 heterocycles. The molecule has 2 aromatic rings. The highest BCUT2D eigenvalue weighted by Crippen LogP contribution is 2.17. The van der Waals surface area contributed by atoms with Gasteiger partial charge in [-0.05, 0) is 30.2 Å². The minimum absolute atomic E-state index is 0.211. The highest BCUT2D eigenvalue weighted by Gasteiger charge is 2.00. The van der Waals surface area contributed by atoms with E-state index in [9.17, 15) is 5.11 Å². The summed E-state index contributed by atoms with van der Waals surface area (Å²) in [5, 5.41) is 9.39. The van der Waals surface area contributed by atoms with Gasteiger partial charge in [0, 0.05) is 0 Å². The maximum atomic E-state index is 9.39. The van der Waals surface area contributed by atoms with Gasteiger partial charge in [0.2, 0.25) is 0 Å². The summed E-state index contributed by atoms with van der Waals surface area (Å²) in [5.41, 5.74) is 1.99. The third-order valence-electron chi connectivity index (χ3n) is 2.78. The normalized spacial score (nSPS) is 12.1. The van der Waals surface area contributed by atoms with Crippen molar-refractivity contribution >= 4 is 0 Å². The fourth-order valence-corrected chi connectivity index (χ4v) is 1.69. The Morgan fingerprint density at radius 3 is 2.32 bits per heavy atom. The summed E-state index contributed by atoms with van der Waals surface area (Å²) in [6.45, 7) is 2.48. The van der Waals surface area contributed by atoms with E-state index in [-0.39, 0.29) is 6.79 Å². The van der Waals surface area contributed by atoms with E-state index in [1.54, 1.807) is 6.92 Å². The van der Waals surface area contributed by atoms with Crippen molar-refractivity contribution in [3.63, 3.8) is 0 Å². The van der Waals surface area contributed by atoms with Gasteiger partial charge >= 0.3 is 0 Å². The van der Waals surface area contributed by atoms with Crippen LogP contribution in [0.4, 0.5) is 0 Å². The van der Waals surface area contributed by atoms with Crippen LogP contribution in [0.25, 0.3) is 0 Å². The molecule has 19 heavy (non-hydrogen) atoms. The van der Waals surface area contributed by atoms with E-state index in [2.05, 4.69) is 0 Å². The summed E-state index contributed by atoms with van der Waals surface area (Å²) in [7, 11) is 0. The van der Waals surface area contributed by atoms with Crippen molar-refractivity contribution in [1.82, 2.24) is 0 Å². The van der Waals surface area contributed by atoms with Crippen molar-refractivity contribution in [3.05, 3.63) is 65.7 Å². The predicted molar refractivity (Wildman–Crippen MR) is 73.8 cm³/mol. The molecule has 1 atom stereocenters. The van der Waals surface area contributed by atoms with Crippen molar-refractivity contribution in [2.24, 2.45) is 0 Å². The molecule has 0 aliphatic carbocycles. The highest BCUT2D eigenvalue weighted by atomic mass is 16.7. The molecular formula is C16H18O3. The van der Waals surface area contributed by atoms with Crippen LogP contribution in [-0.4, -0.2) is 11.9 Å². The van der Waals surface area contributed by atoms with Crippen LogP contribution in [0.5, 0.6) is 5.75 Å². The minimum atomic E-state index is -0.455. The Balaban J connectivity index is 1.74. The van der Waals surface area contributed by atoms with Crippen molar-refractivity contribution in [1.29, 1.82) is 0 Å². The lowest BCUT2D eigenvalue weighted by molar-refractivity contribution is 0.00502. The topological polar surface area (TPSA) is 38.7 Å². The Labute approximate surface area is 113 Å². The number of aliphatic hydroxyl groups excluding tert-OH is 1. The quantitative estimate of drug-likeness (QED) is 0.638. The lowest BCUT2D eigenvalue weighted by Gasteiger charge is -2.09. The number of hydrogen-bond acceptors (Lipinski definition) is 3. The Morgan fingerprint density at radius 2 is 1.68 bits per heavy atom.